The SMILES string of the molecule is Cc1ccc(NC(=O)c2ccc3ccccc3c2)c(C(=O)C(=O)NCCCN=C(N)N)c1. The van der Waals surface area contributed by atoms with Gasteiger partial charge in [0.15, 0.2) is 5.96 Å². The number of Topliss-reactive ketones (excluding diaryl/α,β-unsaturated/α-hetero) is 1. The second-order valence-corrected chi connectivity index (χ2v) is 7.31. The number of fused-ring (bicyclic) bond motifs is 1. The predicted molar refractivity (Wildman–Crippen MR) is 126 cm³/mol. The van der Waals surface area contributed by atoms with Crippen LogP contribution in [-0.2, 0) is 4.79 Å². The Morgan fingerprint density at radius 1 is 0.938 bits per heavy atom. The summed E-state index contributed by atoms with van der Waals surface area (Å²) in [6.07, 6.45) is 0.482. The number of benzene rings is 3. The summed E-state index contributed by atoms with van der Waals surface area (Å²) in [5, 5.41) is 7.26. The Hall–Kier alpha value is -4.20. The summed E-state index contributed by atoms with van der Waals surface area (Å²) < 4.78 is 0. The third kappa shape index (κ3) is 5.69. The molecule has 0 saturated carbocycles. The zero-order chi connectivity index (χ0) is 23.1. The number of nitrogens with two attached hydrogens (primary N) is 2. The smallest absolute Gasteiger partial charge is 0.292 e. The van der Waals surface area contributed by atoms with Crippen molar-refractivity contribution in [3.8, 4) is 0 Å². The Bertz CT molecular complexity index is 1200. The molecule has 0 spiro atoms. The van der Waals surface area contributed by atoms with Gasteiger partial charge in [0.2, 0.25) is 0 Å². The minimum absolute atomic E-state index is 0.0287. The molecular formula is C24H25N5O3. The Balaban J connectivity index is 1.73. The van der Waals surface area contributed by atoms with Crippen molar-refractivity contribution in [3.63, 3.8) is 0 Å². The van der Waals surface area contributed by atoms with Crippen molar-refractivity contribution in [2.45, 2.75) is 13.3 Å². The number of carbonyl (C=O) groups is 3. The molecule has 0 saturated heterocycles. The Morgan fingerprint density at radius 3 is 2.44 bits per heavy atom. The quantitative estimate of drug-likeness (QED) is 0.143. The van der Waals surface area contributed by atoms with Gasteiger partial charge in [0.25, 0.3) is 17.6 Å². The van der Waals surface area contributed by atoms with Crippen molar-refractivity contribution in [2.24, 2.45) is 16.5 Å². The zero-order valence-electron chi connectivity index (χ0n) is 17.7. The van der Waals surface area contributed by atoms with Crippen molar-refractivity contribution in [1.82, 2.24) is 5.32 Å². The molecule has 32 heavy (non-hydrogen) atoms. The summed E-state index contributed by atoms with van der Waals surface area (Å²) in [7, 11) is 0. The number of hydrogen-bond donors (Lipinski definition) is 4. The second kappa shape index (κ2) is 10.2. The van der Waals surface area contributed by atoms with E-state index in [1.54, 1.807) is 37.3 Å². The Labute approximate surface area is 185 Å². The van der Waals surface area contributed by atoms with Crippen molar-refractivity contribution in [2.75, 3.05) is 18.4 Å². The van der Waals surface area contributed by atoms with Gasteiger partial charge in [-0.15, -0.1) is 0 Å². The van der Waals surface area contributed by atoms with Crippen molar-refractivity contribution < 1.29 is 14.4 Å². The van der Waals surface area contributed by atoms with Gasteiger partial charge in [-0.2, -0.15) is 0 Å². The summed E-state index contributed by atoms with van der Waals surface area (Å²) in [4.78, 5) is 41.7. The van der Waals surface area contributed by atoms with E-state index in [1.165, 1.54) is 0 Å². The summed E-state index contributed by atoms with van der Waals surface area (Å²) in [5.41, 5.74) is 12.1. The summed E-state index contributed by atoms with van der Waals surface area (Å²) in [5.74, 6) is -1.89. The average Bonchev–Trinajstić information content (AvgIpc) is 2.78. The van der Waals surface area contributed by atoms with Crippen LogP contribution in [0.15, 0.2) is 65.7 Å². The van der Waals surface area contributed by atoms with Gasteiger partial charge in [-0.25, -0.2) is 0 Å². The van der Waals surface area contributed by atoms with E-state index in [-0.39, 0.29) is 29.7 Å². The summed E-state index contributed by atoms with van der Waals surface area (Å²) in [6.45, 7) is 2.39. The maximum atomic E-state index is 12.8. The summed E-state index contributed by atoms with van der Waals surface area (Å²) in [6, 6.07) is 18.0. The lowest BCUT2D eigenvalue weighted by Crippen LogP contribution is -2.33. The second-order valence-electron chi connectivity index (χ2n) is 7.31. The van der Waals surface area contributed by atoms with E-state index >= 15 is 0 Å². The molecule has 0 fully saturated rings. The van der Waals surface area contributed by atoms with Crippen LogP contribution in [0.5, 0.6) is 0 Å². The highest BCUT2D eigenvalue weighted by molar-refractivity contribution is 6.44. The number of nitrogens with zero attached hydrogens (tertiary/aromatic N) is 1. The lowest BCUT2D eigenvalue weighted by molar-refractivity contribution is -0.117. The van der Waals surface area contributed by atoms with E-state index < -0.39 is 11.7 Å². The third-order valence-corrected chi connectivity index (χ3v) is 4.80. The molecule has 3 rings (SSSR count). The first-order valence-corrected chi connectivity index (χ1v) is 10.1. The molecule has 0 bridgehead atoms. The number of ketones is 1. The molecule has 3 aromatic rings. The summed E-state index contributed by atoms with van der Waals surface area (Å²) >= 11 is 0. The molecule has 2 amide bonds. The first-order valence-electron chi connectivity index (χ1n) is 10.1. The first kappa shape index (κ1) is 22.5. The van der Waals surface area contributed by atoms with Gasteiger partial charge in [-0.05, 0) is 48.4 Å². The number of rotatable bonds is 8. The van der Waals surface area contributed by atoms with Gasteiger partial charge in [-0.1, -0.05) is 42.0 Å². The Morgan fingerprint density at radius 2 is 1.69 bits per heavy atom. The topological polar surface area (TPSA) is 140 Å². The molecule has 0 aliphatic carbocycles. The van der Waals surface area contributed by atoms with Crippen molar-refractivity contribution >= 4 is 40.0 Å². The standard InChI is InChI=1S/C24H25N5O3/c1-15-7-10-20(19(13-15)21(30)23(32)27-11-4-12-28-24(25)26)29-22(31)18-9-8-16-5-2-3-6-17(16)14-18/h2-3,5-10,13-14H,4,11-12H2,1H3,(H,27,32)(H,29,31)(H4,25,26,28). The molecule has 3 aromatic carbocycles. The minimum Gasteiger partial charge on any atom is -0.370 e. The lowest BCUT2D eigenvalue weighted by atomic mass is 10.0. The number of carbonyl (C=O) groups excluding carboxylic acids is 3. The van der Waals surface area contributed by atoms with Gasteiger partial charge < -0.3 is 22.1 Å². The van der Waals surface area contributed by atoms with Gasteiger partial charge in [0.05, 0.1) is 11.3 Å². The molecule has 0 radical (unpaired) electrons. The normalized spacial score (nSPS) is 10.4. The maximum absolute atomic E-state index is 12.8. The average molecular weight is 431 g/mol. The van der Waals surface area contributed by atoms with E-state index in [2.05, 4.69) is 15.6 Å². The number of amides is 2. The highest BCUT2D eigenvalue weighted by Crippen LogP contribution is 2.21. The van der Waals surface area contributed by atoms with E-state index in [9.17, 15) is 14.4 Å². The van der Waals surface area contributed by atoms with E-state index in [1.807, 2.05) is 30.3 Å². The number of anilines is 1. The van der Waals surface area contributed by atoms with Gasteiger partial charge in [0.1, 0.15) is 0 Å². The molecular weight excluding hydrogens is 406 g/mol. The van der Waals surface area contributed by atoms with E-state index in [0.29, 0.717) is 18.5 Å². The van der Waals surface area contributed by atoms with E-state index in [0.717, 1.165) is 16.3 Å². The molecule has 0 atom stereocenters. The highest BCUT2D eigenvalue weighted by atomic mass is 16.2. The number of aryl methyl sites for hydroxylation is 1. The molecule has 0 heterocycles. The first-order chi connectivity index (χ1) is 15.3. The molecule has 0 aliphatic heterocycles. The molecule has 8 heteroatoms. The monoisotopic (exact) mass is 431 g/mol. The fourth-order valence-corrected chi connectivity index (χ4v) is 3.17. The zero-order valence-corrected chi connectivity index (χ0v) is 17.7. The maximum Gasteiger partial charge on any atom is 0.292 e. The molecule has 164 valence electrons. The fraction of sp³-hybridized carbons (Fsp3) is 0.167. The largest absolute Gasteiger partial charge is 0.370 e. The van der Waals surface area contributed by atoms with Crippen molar-refractivity contribution in [3.05, 3.63) is 77.4 Å². The van der Waals surface area contributed by atoms with Crippen LogP contribution in [0.2, 0.25) is 0 Å². The molecule has 6 N–H and O–H groups in total. The van der Waals surface area contributed by atoms with Crippen LogP contribution in [0.1, 0.15) is 32.7 Å². The van der Waals surface area contributed by atoms with Gasteiger partial charge in [-0.3, -0.25) is 19.4 Å². The van der Waals surface area contributed by atoms with Crippen LogP contribution in [0.4, 0.5) is 5.69 Å². The van der Waals surface area contributed by atoms with Crippen molar-refractivity contribution in [1.29, 1.82) is 0 Å². The fourth-order valence-electron chi connectivity index (χ4n) is 3.17. The Kier molecular flexibility index (Phi) is 7.17. The lowest BCUT2D eigenvalue weighted by Gasteiger charge is -2.12. The van der Waals surface area contributed by atoms with Gasteiger partial charge >= 0.3 is 0 Å². The number of nitrogens with one attached hydrogen (secondary N) is 2. The third-order valence-electron chi connectivity index (χ3n) is 4.80. The minimum atomic E-state index is -0.762. The number of hydrogen-bond acceptors (Lipinski definition) is 4. The van der Waals surface area contributed by atoms with Gasteiger partial charge in [0, 0.05) is 18.7 Å². The molecule has 0 unspecified atom stereocenters. The molecule has 0 aliphatic rings. The van der Waals surface area contributed by atoms with Crippen LogP contribution in [0, 0.1) is 6.92 Å². The van der Waals surface area contributed by atoms with Crippen LogP contribution in [0.25, 0.3) is 10.8 Å². The molecule has 0 aromatic heterocycles. The predicted octanol–water partition coefficient (Wildman–Crippen LogP) is 2.36. The number of guanidine groups is 1. The highest BCUT2D eigenvalue weighted by Gasteiger charge is 2.21. The van der Waals surface area contributed by atoms with Crippen LogP contribution < -0.4 is 22.1 Å². The van der Waals surface area contributed by atoms with Crippen LogP contribution in [0.3, 0.4) is 0 Å². The van der Waals surface area contributed by atoms with Crippen LogP contribution in [-0.4, -0.2) is 36.6 Å². The van der Waals surface area contributed by atoms with E-state index in [4.69, 9.17) is 11.5 Å². The molecule has 8 nitrogen and oxygen atoms in total. The number of aliphatic imine (C=N–C) groups is 1. The van der Waals surface area contributed by atoms with Crippen LogP contribution >= 0.6 is 0 Å².